The third-order valence-electron chi connectivity index (χ3n) is 8.47. The zero-order chi connectivity index (χ0) is 51.8. The number of benzene rings is 1. The monoisotopic (exact) mass is 1000 g/mol. The van der Waals surface area contributed by atoms with Gasteiger partial charge < -0.3 is 71.5 Å². The lowest BCUT2D eigenvalue weighted by Crippen LogP contribution is -2.39. The molecule has 0 spiro atoms. The van der Waals surface area contributed by atoms with Crippen LogP contribution >= 0.6 is 12.1 Å². The molecule has 2 rings (SSSR count). The fourth-order valence-corrected chi connectivity index (χ4v) is 5.61. The number of anilines is 1. The SMILES string of the molecule is CCC.CNC(CCCNC(N)=O)C(=O)Nc1ccc(COC(=O)O)c(COC/C(C=NC(COC(=O)NSNCCOC)CC(=O)O)=N/N)c1.O=CCNC(=O)CCOCCN1C(=O)CCC1=O. The topological polar surface area (TPSA) is 392 Å². The molecular weight excluding hydrogens is 935 g/mol. The number of nitrogens with zero attached hydrogens (tertiary/aromatic N) is 3. The lowest BCUT2D eigenvalue weighted by molar-refractivity contribution is -0.140. The number of hydrogen-bond donors (Lipinski definition) is 10. The molecule has 1 aliphatic rings. The Morgan fingerprint density at radius 1 is 0.957 bits per heavy atom. The molecule has 1 saturated heterocycles. The maximum absolute atomic E-state index is 12.8. The third kappa shape index (κ3) is 32.0. The van der Waals surface area contributed by atoms with Crippen LogP contribution in [0.25, 0.3) is 0 Å². The second kappa shape index (κ2) is 39.5. The van der Waals surface area contributed by atoms with Gasteiger partial charge in [0, 0.05) is 63.5 Å². The van der Waals surface area contributed by atoms with Gasteiger partial charge in [-0.3, -0.25) is 38.6 Å². The van der Waals surface area contributed by atoms with E-state index in [1.165, 1.54) is 24.6 Å². The smallest absolute Gasteiger partial charge is 0.481 e. The van der Waals surface area contributed by atoms with Gasteiger partial charge in [-0.05, 0) is 43.1 Å². The van der Waals surface area contributed by atoms with Crippen LogP contribution in [0.15, 0.2) is 28.3 Å². The van der Waals surface area contributed by atoms with Gasteiger partial charge in [-0.15, -0.1) is 0 Å². The number of carbonyl (C=O) groups excluding carboxylic acids is 7. The fraction of sp³-hybridized carbons (Fsp3) is 0.585. The van der Waals surface area contributed by atoms with Crippen molar-refractivity contribution >= 4 is 83.9 Å². The molecule has 1 heterocycles. The van der Waals surface area contributed by atoms with Crippen LogP contribution in [0, 0.1) is 0 Å². The van der Waals surface area contributed by atoms with E-state index in [0.29, 0.717) is 55.6 Å². The van der Waals surface area contributed by atoms with E-state index in [4.69, 9.17) is 40.4 Å². The predicted octanol–water partition coefficient (Wildman–Crippen LogP) is 0.401. The molecule has 0 aliphatic carbocycles. The summed E-state index contributed by atoms with van der Waals surface area (Å²) in [6, 6.07) is 2.54. The number of amides is 7. The summed E-state index contributed by atoms with van der Waals surface area (Å²) in [7, 11) is 3.15. The molecule has 1 fully saturated rings. The summed E-state index contributed by atoms with van der Waals surface area (Å²) in [5.41, 5.74) is 6.50. The Hall–Kier alpha value is -6.46. The van der Waals surface area contributed by atoms with E-state index < -0.39 is 42.8 Å². The van der Waals surface area contributed by atoms with E-state index in [-0.39, 0.29) is 101 Å². The van der Waals surface area contributed by atoms with Crippen LogP contribution in [0.5, 0.6) is 0 Å². The van der Waals surface area contributed by atoms with Gasteiger partial charge >= 0.3 is 24.2 Å². The minimum atomic E-state index is -1.48. The van der Waals surface area contributed by atoms with Crippen LogP contribution in [0.3, 0.4) is 0 Å². The molecule has 1 aromatic rings. The van der Waals surface area contributed by atoms with Gasteiger partial charge in [-0.1, -0.05) is 26.3 Å². The maximum atomic E-state index is 12.8. The molecule has 28 heteroatoms. The van der Waals surface area contributed by atoms with Gasteiger partial charge in [0.05, 0.1) is 64.6 Å². The first kappa shape index (κ1) is 62.5. The number of ether oxygens (including phenoxy) is 5. The number of hydrazone groups is 1. The molecule has 2 unspecified atom stereocenters. The molecule has 0 aromatic heterocycles. The third-order valence-corrected chi connectivity index (χ3v) is 9.09. The molecular formula is C41H67N11O16S. The number of primary amides is 1. The first-order chi connectivity index (χ1) is 33.0. The van der Waals surface area contributed by atoms with Crippen molar-refractivity contribution in [3.63, 3.8) is 0 Å². The summed E-state index contributed by atoms with van der Waals surface area (Å²) in [4.78, 5) is 107. The minimum Gasteiger partial charge on any atom is -0.481 e. The fourth-order valence-electron chi connectivity index (χ4n) is 5.21. The number of carboxylic acid groups (broad SMARTS) is 2. The molecule has 0 radical (unpaired) electrons. The number of imide groups is 1. The summed E-state index contributed by atoms with van der Waals surface area (Å²) in [6.07, 6.45) is 1.89. The van der Waals surface area contributed by atoms with Crippen molar-refractivity contribution in [2.45, 2.75) is 84.1 Å². The van der Waals surface area contributed by atoms with E-state index in [9.17, 15) is 48.3 Å². The maximum Gasteiger partial charge on any atom is 0.506 e. The highest BCUT2D eigenvalue weighted by molar-refractivity contribution is 7.96. The lowest BCUT2D eigenvalue weighted by Gasteiger charge is -2.17. The minimum absolute atomic E-state index is 0.00435. The Morgan fingerprint density at radius 3 is 2.28 bits per heavy atom. The largest absolute Gasteiger partial charge is 0.506 e. The van der Waals surface area contributed by atoms with Gasteiger partial charge in [-0.2, -0.15) is 5.10 Å². The summed E-state index contributed by atoms with van der Waals surface area (Å²) >= 11 is 0.874. The van der Waals surface area contributed by atoms with Gasteiger partial charge in [0.1, 0.15) is 25.2 Å². The van der Waals surface area contributed by atoms with Crippen LogP contribution in [-0.2, 0) is 65.7 Å². The molecule has 7 amide bonds. The quantitative estimate of drug-likeness (QED) is 0.00682. The molecule has 0 bridgehead atoms. The van der Waals surface area contributed by atoms with Crippen molar-refractivity contribution in [1.82, 2.24) is 30.3 Å². The van der Waals surface area contributed by atoms with Crippen LogP contribution in [0.2, 0.25) is 0 Å². The number of carboxylic acids is 1. The number of nitrogens with two attached hydrogens (primary N) is 2. The average molecular weight is 1000 g/mol. The second-order valence-electron chi connectivity index (χ2n) is 14.1. The van der Waals surface area contributed by atoms with Gasteiger partial charge in [0.25, 0.3) is 0 Å². The summed E-state index contributed by atoms with van der Waals surface area (Å²) in [5.74, 6) is 3.32. The highest BCUT2D eigenvalue weighted by Crippen LogP contribution is 2.19. The highest BCUT2D eigenvalue weighted by atomic mass is 32.2. The molecule has 69 heavy (non-hydrogen) atoms. The molecule has 27 nitrogen and oxygen atoms in total. The molecule has 2 atom stereocenters. The molecule has 1 aromatic carbocycles. The second-order valence-corrected chi connectivity index (χ2v) is 14.8. The number of aliphatic imine (C=N–C) groups is 1. The zero-order valence-electron chi connectivity index (χ0n) is 39.3. The van der Waals surface area contributed by atoms with E-state index in [1.807, 2.05) is 0 Å². The first-order valence-electron chi connectivity index (χ1n) is 21.5. The first-order valence-corrected chi connectivity index (χ1v) is 22.4. The van der Waals surface area contributed by atoms with Crippen molar-refractivity contribution in [3.05, 3.63) is 29.3 Å². The number of methoxy groups -OCH3 is 1. The summed E-state index contributed by atoms with van der Waals surface area (Å²) < 4.78 is 30.6. The average Bonchev–Trinajstić information content (AvgIpc) is 3.63. The van der Waals surface area contributed by atoms with Crippen LogP contribution in [-0.4, -0.2) is 167 Å². The number of aldehydes is 1. The van der Waals surface area contributed by atoms with Gasteiger partial charge in [0.15, 0.2) is 0 Å². The number of rotatable bonds is 32. The molecule has 388 valence electrons. The molecule has 1 aliphatic heterocycles. The molecule has 12 N–H and O–H groups in total. The van der Waals surface area contributed by atoms with Crippen molar-refractivity contribution in [2.75, 3.05) is 78.7 Å². The number of likely N-dealkylation sites (N-methyl/N-ethyl adjacent to an activating group) is 1. The van der Waals surface area contributed by atoms with E-state index >= 15 is 0 Å². The van der Waals surface area contributed by atoms with Crippen molar-refractivity contribution in [1.29, 1.82) is 0 Å². The summed E-state index contributed by atoms with van der Waals surface area (Å²) in [5, 5.41) is 32.3. The van der Waals surface area contributed by atoms with Gasteiger partial charge in [0.2, 0.25) is 23.6 Å². The van der Waals surface area contributed by atoms with E-state index in [1.54, 1.807) is 25.2 Å². The van der Waals surface area contributed by atoms with Crippen LogP contribution in [0.4, 0.5) is 20.1 Å². The van der Waals surface area contributed by atoms with Crippen molar-refractivity contribution in [3.8, 4) is 0 Å². The normalized spacial score (nSPS) is 12.9. The number of aliphatic carboxylic acids is 1. The Morgan fingerprint density at radius 2 is 1.67 bits per heavy atom. The summed E-state index contributed by atoms with van der Waals surface area (Å²) in [6.45, 7) is 5.16. The van der Waals surface area contributed by atoms with Crippen molar-refractivity contribution in [2.24, 2.45) is 21.7 Å². The number of carbonyl (C=O) groups is 9. The Kier molecular flexibility index (Phi) is 35.8. The lowest BCUT2D eigenvalue weighted by atomic mass is 10.1. The van der Waals surface area contributed by atoms with Crippen molar-refractivity contribution < 1.29 is 77.0 Å². The number of nitrogens with one attached hydrogen (secondary N) is 6. The highest BCUT2D eigenvalue weighted by Gasteiger charge is 2.28. The number of hydrogen-bond acceptors (Lipinski definition) is 20. The zero-order valence-corrected chi connectivity index (χ0v) is 40.1. The Balaban J connectivity index is 0.00000181. The van der Waals surface area contributed by atoms with E-state index in [2.05, 4.69) is 54.7 Å². The molecule has 0 saturated carbocycles. The number of urea groups is 1. The van der Waals surface area contributed by atoms with E-state index in [0.717, 1.165) is 12.1 Å². The van der Waals surface area contributed by atoms with Gasteiger partial charge in [-0.25, -0.2) is 19.1 Å². The Labute approximate surface area is 404 Å². The number of likely N-dealkylation sites (tertiary alicyclic amines) is 1. The standard InChI is InChI=1S/C27H43N9O11S.C11H16N2O5.C3H8/c1-30-22(4-3-7-31-25(28)40)24(39)34-19-6-5-17(14-47-27(42)43)18(10-19)13-45-15-21(35-29)12-32-20(11-23(37)38)16-46-26(41)36-48-33-8-9-44-2;14-6-4-12-9(15)3-7-18-8-5-13-10(16)1-2-11(13)17;1-3-2/h5-6,10,12,20,22,30,33H,3-4,7-9,11,13-16,29H2,1-2H3,(H,34,39)(H,36,41)(H,37,38)(H,42,43)(H3,28,31,40);6H,1-5,7-8H2,(H,12,15);3H2,1-2H3/b32-12?,35-21+;;. The van der Waals surface area contributed by atoms with Crippen LogP contribution in [0.1, 0.15) is 69.9 Å². The predicted molar refractivity (Wildman–Crippen MR) is 252 cm³/mol. The Bertz CT molecular complexity index is 1810. The van der Waals surface area contributed by atoms with Crippen LogP contribution < -0.4 is 42.3 Å².